The van der Waals surface area contributed by atoms with Crippen LogP contribution in [0.5, 0.6) is 0 Å². The number of rotatable bonds is 18. The third kappa shape index (κ3) is 28.9. The lowest BCUT2D eigenvalue weighted by molar-refractivity contribution is 0.0450. The number of aliphatic hydroxyl groups is 3. The highest BCUT2D eigenvalue weighted by Crippen LogP contribution is 2.08. The monoisotopic (exact) mass is 362 g/mol. The van der Waals surface area contributed by atoms with Crippen molar-refractivity contribution in [3.8, 4) is 0 Å². The summed E-state index contributed by atoms with van der Waals surface area (Å²) in [6.07, 6.45) is 18.3. The molecule has 25 heavy (non-hydrogen) atoms. The van der Waals surface area contributed by atoms with Crippen molar-refractivity contribution in [3.63, 3.8) is 0 Å². The topological polar surface area (TPSA) is 69.9 Å². The van der Waals surface area contributed by atoms with E-state index in [4.69, 9.17) is 20.1 Å². The van der Waals surface area contributed by atoms with Gasteiger partial charge in [-0.2, -0.15) is 0 Å². The van der Waals surface area contributed by atoms with Gasteiger partial charge in [-0.05, 0) is 12.8 Å². The molecule has 0 aromatic heterocycles. The van der Waals surface area contributed by atoms with Crippen LogP contribution in [0.2, 0.25) is 0 Å². The van der Waals surface area contributed by atoms with E-state index >= 15 is 0 Å². The Morgan fingerprint density at radius 3 is 1.16 bits per heavy atom. The predicted octanol–water partition coefficient (Wildman–Crippen LogP) is 4.84. The van der Waals surface area contributed by atoms with E-state index in [1.807, 2.05) is 0 Å². The van der Waals surface area contributed by atoms with Crippen molar-refractivity contribution in [2.24, 2.45) is 0 Å². The van der Waals surface area contributed by atoms with Crippen molar-refractivity contribution in [1.82, 2.24) is 0 Å². The molecule has 0 amide bonds. The molecular weight excluding hydrogens is 316 g/mol. The second kappa shape index (κ2) is 26.1. The molecule has 0 spiro atoms. The number of aliphatic hydroxyl groups excluding tert-OH is 3. The van der Waals surface area contributed by atoms with Gasteiger partial charge in [0.25, 0.3) is 0 Å². The Bertz CT molecular complexity index is 192. The zero-order valence-corrected chi connectivity index (χ0v) is 17.1. The van der Waals surface area contributed by atoms with E-state index < -0.39 is 6.10 Å². The van der Waals surface area contributed by atoms with Crippen molar-refractivity contribution < 1.29 is 20.1 Å². The molecule has 0 aliphatic carbocycles. The summed E-state index contributed by atoms with van der Waals surface area (Å²) in [6, 6.07) is 0. The van der Waals surface area contributed by atoms with Crippen LogP contribution in [-0.4, -0.2) is 47.9 Å². The predicted molar refractivity (Wildman–Crippen MR) is 107 cm³/mol. The Balaban J connectivity index is 0. The van der Waals surface area contributed by atoms with Crippen molar-refractivity contribution in [1.29, 1.82) is 0 Å². The van der Waals surface area contributed by atoms with E-state index in [0.717, 1.165) is 13.2 Å². The lowest BCUT2D eigenvalue weighted by Gasteiger charge is -2.04. The van der Waals surface area contributed by atoms with Crippen LogP contribution < -0.4 is 0 Å². The maximum absolute atomic E-state index is 8.17. The van der Waals surface area contributed by atoms with Crippen LogP contribution in [0.15, 0.2) is 0 Å². The largest absolute Gasteiger partial charge is 0.394 e. The summed E-state index contributed by atoms with van der Waals surface area (Å²) in [4.78, 5) is 0. The Morgan fingerprint density at radius 2 is 0.880 bits per heavy atom. The normalized spacial score (nSPS) is 10.8. The molecule has 0 saturated heterocycles. The first kappa shape index (κ1) is 27.1. The van der Waals surface area contributed by atoms with Gasteiger partial charge in [-0.1, -0.05) is 90.9 Å². The van der Waals surface area contributed by atoms with Crippen LogP contribution in [0.1, 0.15) is 104 Å². The molecular formula is C21H46O4. The Kier molecular flexibility index (Phi) is 28.2. The zero-order chi connectivity index (χ0) is 19.0. The summed E-state index contributed by atoms with van der Waals surface area (Å²) in [5.74, 6) is 0. The van der Waals surface area contributed by atoms with Gasteiger partial charge in [-0.3, -0.25) is 0 Å². The molecule has 4 nitrogen and oxygen atoms in total. The van der Waals surface area contributed by atoms with Crippen LogP contribution >= 0.6 is 0 Å². The zero-order valence-electron chi connectivity index (χ0n) is 17.1. The molecule has 0 rings (SSSR count). The Labute approximate surface area is 157 Å². The molecule has 3 N–H and O–H groups in total. The average Bonchev–Trinajstić information content (AvgIpc) is 2.64. The third-order valence-electron chi connectivity index (χ3n) is 4.21. The fraction of sp³-hybridized carbons (Fsp3) is 1.00. The second-order valence-electron chi connectivity index (χ2n) is 6.87. The highest BCUT2D eigenvalue weighted by Gasteiger charge is 1.94. The van der Waals surface area contributed by atoms with Gasteiger partial charge >= 0.3 is 0 Å². The van der Waals surface area contributed by atoms with Crippen LogP contribution in [0.25, 0.3) is 0 Å². The number of hydrogen-bond donors (Lipinski definition) is 3. The van der Waals surface area contributed by atoms with Crippen LogP contribution in [0.3, 0.4) is 0 Å². The first-order valence-electron chi connectivity index (χ1n) is 10.7. The summed E-state index contributed by atoms with van der Waals surface area (Å²) < 4.78 is 5.69. The van der Waals surface area contributed by atoms with Crippen LogP contribution in [0, 0.1) is 0 Å². The highest BCUT2D eigenvalue weighted by atomic mass is 16.5. The summed E-state index contributed by atoms with van der Waals surface area (Å²) in [5.41, 5.74) is 0. The fourth-order valence-corrected chi connectivity index (χ4v) is 2.48. The van der Waals surface area contributed by atoms with Gasteiger partial charge in [0.2, 0.25) is 0 Å². The van der Waals surface area contributed by atoms with E-state index in [-0.39, 0.29) is 13.2 Å². The molecule has 0 aromatic carbocycles. The van der Waals surface area contributed by atoms with Gasteiger partial charge in [-0.15, -0.1) is 0 Å². The molecule has 0 bridgehead atoms. The first-order valence-corrected chi connectivity index (χ1v) is 10.7. The number of unbranched alkanes of at least 4 members (excludes halogenated alkanes) is 12. The van der Waals surface area contributed by atoms with Crippen molar-refractivity contribution in [2.45, 2.75) is 110 Å². The van der Waals surface area contributed by atoms with Crippen LogP contribution in [-0.2, 0) is 4.74 Å². The van der Waals surface area contributed by atoms with Gasteiger partial charge < -0.3 is 20.1 Å². The molecule has 4 heteroatoms. The minimum atomic E-state index is -0.954. The summed E-state index contributed by atoms with van der Waals surface area (Å²) in [5, 5.41) is 24.0. The SMILES string of the molecule is CCCCCCCCCOCCCCCCCCC.OCC(O)CO. The summed E-state index contributed by atoms with van der Waals surface area (Å²) in [6.45, 7) is 5.80. The molecule has 0 fully saturated rings. The average molecular weight is 363 g/mol. The van der Waals surface area contributed by atoms with E-state index in [1.54, 1.807) is 0 Å². The van der Waals surface area contributed by atoms with E-state index in [1.165, 1.54) is 89.9 Å². The van der Waals surface area contributed by atoms with Gasteiger partial charge in [0.15, 0.2) is 0 Å². The molecule has 0 heterocycles. The minimum Gasteiger partial charge on any atom is -0.394 e. The first-order chi connectivity index (χ1) is 12.2. The van der Waals surface area contributed by atoms with E-state index in [9.17, 15) is 0 Å². The smallest absolute Gasteiger partial charge is 0.100 e. The third-order valence-corrected chi connectivity index (χ3v) is 4.21. The van der Waals surface area contributed by atoms with Gasteiger partial charge in [0.1, 0.15) is 6.10 Å². The minimum absolute atomic E-state index is 0.365. The van der Waals surface area contributed by atoms with Gasteiger partial charge in [0, 0.05) is 13.2 Å². The molecule has 0 aliphatic heterocycles. The molecule has 0 atom stereocenters. The number of ether oxygens (including phenoxy) is 1. The molecule has 0 saturated carbocycles. The van der Waals surface area contributed by atoms with Gasteiger partial charge in [0.05, 0.1) is 13.2 Å². The molecule has 0 aliphatic rings. The molecule has 0 radical (unpaired) electrons. The fourth-order valence-electron chi connectivity index (χ4n) is 2.48. The van der Waals surface area contributed by atoms with Crippen molar-refractivity contribution >= 4 is 0 Å². The quantitative estimate of drug-likeness (QED) is 0.305. The lowest BCUT2D eigenvalue weighted by Crippen LogP contribution is -2.15. The standard InChI is InChI=1S/C18H38O.C3H8O3/c1-3-5-7-9-11-13-15-17-19-18-16-14-12-10-8-6-4-2;4-1-3(6)2-5/h3-18H2,1-2H3;3-6H,1-2H2. The van der Waals surface area contributed by atoms with E-state index in [0.29, 0.717) is 0 Å². The maximum atomic E-state index is 8.17. The summed E-state index contributed by atoms with van der Waals surface area (Å²) >= 11 is 0. The second-order valence-corrected chi connectivity index (χ2v) is 6.87. The Morgan fingerprint density at radius 1 is 0.560 bits per heavy atom. The Hall–Kier alpha value is -0.160. The van der Waals surface area contributed by atoms with Crippen LogP contribution in [0.4, 0.5) is 0 Å². The van der Waals surface area contributed by atoms with Crippen molar-refractivity contribution in [2.75, 3.05) is 26.4 Å². The van der Waals surface area contributed by atoms with E-state index in [2.05, 4.69) is 13.8 Å². The number of hydrogen-bond acceptors (Lipinski definition) is 4. The molecule has 154 valence electrons. The molecule has 0 unspecified atom stereocenters. The summed E-state index contributed by atoms with van der Waals surface area (Å²) in [7, 11) is 0. The molecule has 0 aromatic rings. The van der Waals surface area contributed by atoms with Crippen molar-refractivity contribution in [3.05, 3.63) is 0 Å². The highest BCUT2D eigenvalue weighted by molar-refractivity contribution is 4.47. The van der Waals surface area contributed by atoms with Gasteiger partial charge in [-0.25, -0.2) is 0 Å². The lowest BCUT2D eigenvalue weighted by atomic mass is 10.1. The maximum Gasteiger partial charge on any atom is 0.100 e.